The molecule has 0 aliphatic heterocycles. The smallest absolute Gasteiger partial charge is 0.271 e. The van der Waals surface area contributed by atoms with E-state index in [1.807, 2.05) is 11.8 Å². The van der Waals surface area contributed by atoms with E-state index in [1.165, 1.54) is 0 Å². The van der Waals surface area contributed by atoms with Gasteiger partial charge in [-0.25, -0.2) is 4.98 Å². The summed E-state index contributed by atoms with van der Waals surface area (Å²) in [5, 5.41) is 6.97. The van der Waals surface area contributed by atoms with E-state index in [9.17, 15) is 4.79 Å². The van der Waals surface area contributed by atoms with Crippen LogP contribution in [0.2, 0.25) is 5.02 Å². The first kappa shape index (κ1) is 14.5. The van der Waals surface area contributed by atoms with Crippen LogP contribution in [0.3, 0.4) is 0 Å². The topological polar surface area (TPSA) is 54.0 Å². The fraction of sp³-hybridized carbons (Fsp3) is 0.538. The minimum Gasteiger partial charge on any atom is -0.373 e. The monoisotopic (exact) mass is 299 g/mol. The molecule has 1 aromatic rings. The molecule has 0 saturated heterocycles. The van der Waals surface area contributed by atoms with Crippen LogP contribution in [-0.4, -0.2) is 35.5 Å². The average molecular weight is 300 g/mol. The van der Waals surface area contributed by atoms with E-state index in [1.54, 1.807) is 19.2 Å². The van der Waals surface area contributed by atoms with Gasteiger partial charge in [-0.2, -0.15) is 11.8 Å². The number of nitrogens with one attached hydrogen (secondary N) is 2. The maximum Gasteiger partial charge on any atom is 0.271 e. The number of pyridine rings is 1. The van der Waals surface area contributed by atoms with Gasteiger partial charge in [-0.05, 0) is 37.7 Å². The molecule has 2 unspecified atom stereocenters. The number of hydrogen-bond acceptors (Lipinski definition) is 4. The summed E-state index contributed by atoms with van der Waals surface area (Å²) in [7, 11) is 1.76. The molecule has 0 spiro atoms. The summed E-state index contributed by atoms with van der Waals surface area (Å²) in [4.78, 5) is 16.4. The van der Waals surface area contributed by atoms with Crippen LogP contribution in [0.15, 0.2) is 12.1 Å². The number of anilines is 1. The summed E-state index contributed by atoms with van der Waals surface area (Å²) in [6, 6.07) is 3.67. The normalized spacial score (nSPS) is 22.3. The van der Waals surface area contributed by atoms with Gasteiger partial charge in [-0.3, -0.25) is 4.79 Å². The van der Waals surface area contributed by atoms with Crippen LogP contribution in [-0.2, 0) is 0 Å². The zero-order valence-corrected chi connectivity index (χ0v) is 12.6. The van der Waals surface area contributed by atoms with Gasteiger partial charge >= 0.3 is 0 Å². The fourth-order valence-corrected chi connectivity index (χ4v) is 3.27. The van der Waals surface area contributed by atoms with Gasteiger partial charge in [0.15, 0.2) is 0 Å². The summed E-state index contributed by atoms with van der Waals surface area (Å²) in [5.74, 6) is 0.455. The Kier molecular flexibility index (Phi) is 4.93. The highest BCUT2D eigenvalue weighted by molar-refractivity contribution is 7.99. The van der Waals surface area contributed by atoms with E-state index in [-0.39, 0.29) is 11.9 Å². The number of halogens is 1. The molecule has 1 amide bonds. The Hall–Kier alpha value is -0.940. The summed E-state index contributed by atoms with van der Waals surface area (Å²) in [5.41, 5.74) is 0.293. The molecule has 1 aliphatic rings. The number of rotatable bonds is 4. The van der Waals surface area contributed by atoms with Crippen molar-refractivity contribution in [1.82, 2.24) is 10.3 Å². The van der Waals surface area contributed by atoms with Crippen molar-refractivity contribution >= 4 is 35.1 Å². The quantitative estimate of drug-likeness (QED) is 0.897. The van der Waals surface area contributed by atoms with Gasteiger partial charge in [-0.1, -0.05) is 11.6 Å². The minimum atomic E-state index is -0.186. The van der Waals surface area contributed by atoms with Crippen molar-refractivity contribution in [2.75, 3.05) is 18.6 Å². The molecule has 6 heteroatoms. The molecule has 1 heterocycles. The van der Waals surface area contributed by atoms with Crippen LogP contribution in [0.1, 0.15) is 29.8 Å². The molecular weight excluding hydrogens is 282 g/mol. The Morgan fingerprint density at radius 3 is 2.89 bits per heavy atom. The van der Waals surface area contributed by atoms with Gasteiger partial charge < -0.3 is 10.6 Å². The minimum absolute atomic E-state index is 0.186. The second-order valence-corrected chi connectivity index (χ2v) is 6.16. The molecule has 0 aromatic carbocycles. The fourth-order valence-electron chi connectivity index (χ4n) is 2.28. The number of carbonyl (C=O) groups is 1. The van der Waals surface area contributed by atoms with Crippen LogP contribution in [0.25, 0.3) is 0 Å². The van der Waals surface area contributed by atoms with E-state index in [4.69, 9.17) is 11.6 Å². The summed E-state index contributed by atoms with van der Waals surface area (Å²) >= 11 is 7.90. The lowest BCUT2D eigenvalue weighted by Crippen LogP contribution is -2.34. The Bertz CT molecular complexity index is 469. The first-order valence-corrected chi connectivity index (χ1v) is 7.98. The molecule has 1 fully saturated rings. The lowest BCUT2D eigenvalue weighted by molar-refractivity contribution is 0.0933. The Labute approximate surface area is 122 Å². The van der Waals surface area contributed by atoms with E-state index in [0.717, 1.165) is 19.3 Å². The van der Waals surface area contributed by atoms with E-state index in [0.29, 0.717) is 21.8 Å². The Morgan fingerprint density at radius 1 is 1.47 bits per heavy atom. The van der Waals surface area contributed by atoms with E-state index in [2.05, 4.69) is 21.9 Å². The van der Waals surface area contributed by atoms with Crippen molar-refractivity contribution in [3.8, 4) is 0 Å². The van der Waals surface area contributed by atoms with Crippen LogP contribution in [0.4, 0.5) is 5.82 Å². The number of carbonyl (C=O) groups excluding carboxylic acids is 1. The third kappa shape index (κ3) is 3.54. The molecule has 0 bridgehead atoms. The van der Waals surface area contributed by atoms with Gasteiger partial charge in [-0.15, -0.1) is 0 Å². The van der Waals surface area contributed by atoms with Crippen molar-refractivity contribution in [1.29, 1.82) is 0 Å². The van der Waals surface area contributed by atoms with Gasteiger partial charge in [0.1, 0.15) is 11.5 Å². The molecule has 1 aromatic heterocycles. The molecule has 1 aliphatic carbocycles. The number of aromatic nitrogens is 1. The highest BCUT2D eigenvalue weighted by Gasteiger charge is 2.26. The third-order valence-electron chi connectivity index (χ3n) is 3.37. The van der Waals surface area contributed by atoms with E-state index >= 15 is 0 Å². The predicted molar refractivity (Wildman–Crippen MR) is 81.2 cm³/mol. The Morgan fingerprint density at radius 2 is 2.26 bits per heavy atom. The number of amides is 1. The van der Waals surface area contributed by atoms with Crippen molar-refractivity contribution in [2.45, 2.75) is 30.6 Å². The maximum atomic E-state index is 12.2. The maximum absolute atomic E-state index is 12.2. The molecule has 2 N–H and O–H groups in total. The van der Waals surface area contributed by atoms with Crippen molar-refractivity contribution in [2.24, 2.45) is 0 Å². The molecule has 1 saturated carbocycles. The molecule has 2 rings (SSSR count). The third-order valence-corrected chi connectivity index (χ3v) is 4.77. The standard InChI is InChI=1S/C13H18ClN3OS/c1-15-11-6-5-10(14)12(17-11)13(18)16-8-3-4-9(7-8)19-2/h5-6,8-9H,3-4,7H2,1-2H3,(H,15,17)(H,16,18). The largest absolute Gasteiger partial charge is 0.373 e. The average Bonchev–Trinajstić information content (AvgIpc) is 2.87. The summed E-state index contributed by atoms with van der Waals surface area (Å²) in [6.07, 6.45) is 5.32. The van der Waals surface area contributed by atoms with Crippen LogP contribution in [0, 0.1) is 0 Å². The first-order chi connectivity index (χ1) is 9.13. The zero-order valence-electron chi connectivity index (χ0n) is 11.1. The number of hydrogen-bond donors (Lipinski definition) is 2. The highest BCUT2D eigenvalue weighted by atomic mass is 35.5. The lowest BCUT2D eigenvalue weighted by atomic mass is 10.2. The number of thioether (sulfide) groups is 1. The molecule has 0 radical (unpaired) electrons. The molecular formula is C13H18ClN3OS. The van der Waals surface area contributed by atoms with Gasteiger partial charge in [0.05, 0.1) is 5.02 Å². The molecule has 4 nitrogen and oxygen atoms in total. The van der Waals surface area contributed by atoms with Crippen molar-refractivity contribution < 1.29 is 4.79 Å². The first-order valence-electron chi connectivity index (χ1n) is 6.32. The SMILES string of the molecule is CNc1ccc(Cl)c(C(=O)NC2CCC(SC)C2)n1. The summed E-state index contributed by atoms with van der Waals surface area (Å²) < 4.78 is 0. The Balaban J connectivity index is 2.04. The highest BCUT2D eigenvalue weighted by Crippen LogP contribution is 2.28. The van der Waals surface area contributed by atoms with Crippen LogP contribution >= 0.6 is 23.4 Å². The van der Waals surface area contributed by atoms with Crippen molar-refractivity contribution in [3.05, 3.63) is 22.8 Å². The molecule has 104 valence electrons. The van der Waals surface area contributed by atoms with Crippen LogP contribution < -0.4 is 10.6 Å². The van der Waals surface area contributed by atoms with Gasteiger partial charge in [0.25, 0.3) is 5.91 Å². The number of nitrogens with zero attached hydrogens (tertiary/aromatic N) is 1. The summed E-state index contributed by atoms with van der Waals surface area (Å²) in [6.45, 7) is 0. The van der Waals surface area contributed by atoms with Crippen LogP contribution in [0.5, 0.6) is 0 Å². The second kappa shape index (κ2) is 6.48. The zero-order chi connectivity index (χ0) is 13.8. The van der Waals surface area contributed by atoms with Crippen molar-refractivity contribution in [3.63, 3.8) is 0 Å². The molecule has 2 atom stereocenters. The van der Waals surface area contributed by atoms with Gasteiger partial charge in [0.2, 0.25) is 0 Å². The molecule has 19 heavy (non-hydrogen) atoms. The predicted octanol–water partition coefficient (Wildman–Crippen LogP) is 2.79. The lowest BCUT2D eigenvalue weighted by Gasteiger charge is -2.13. The van der Waals surface area contributed by atoms with Gasteiger partial charge in [0, 0.05) is 18.3 Å². The second-order valence-electron chi connectivity index (χ2n) is 4.62. The van der Waals surface area contributed by atoms with E-state index < -0.39 is 0 Å².